The number of alkyl halides is 2. The third-order valence-electron chi connectivity index (χ3n) is 5.82. The molecule has 32 heavy (non-hydrogen) atoms. The molecule has 1 aromatic heterocycles. The summed E-state index contributed by atoms with van der Waals surface area (Å²) in [5.74, 6) is -0.113. The van der Waals surface area contributed by atoms with Crippen molar-refractivity contribution >= 4 is 34.4 Å². The summed E-state index contributed by atoms with van der Waals surface area (Å²) in [6.45, 7) is 0.727. The van der Waals surface area contributed by atoms with Crippen molar-refractivity contribution in [1.29, 1.82) is 0 Å². The first-order valence-corrected chi connectivity index (χ1v) is 11.4. The lowest BCUT2D eigenvalue weighted by atomic mass is 9.87. The maximum Gasteiger partial charge on any atom is 0.253 e. The molecule has 1 saturated heterocycles. The molecular weight excluding hydrogens is 432 g/mol. The molecule has 8 heteroatoms. The van der Waals surface area contributed by atoms with Crippen LogP contribution in [0.2, 0.25) is 0 Å². The normalized spacial score (nSPS) is 15.8. The number of carbonyl (C=O) groups is 1. The number of aromatic nitrogens is 1. The second kappa shape index (κ2) is 9.83. The minimum Gasteiger partial charge on any atom is -0.390 e. The number of amides is 1. The van der Waals surface area contributed by atoms with E-state index in [1.54, 1.807) is 23.2 Å². The molecule has 3 aromatic rings. The number of anilines is 1. The van der Waals surface area contributed by atoms with Crippen LogP contribution in [0.3, 0.4) is 0 Å². The molecule has 2 N–H and O–H groups in total. The van der Waals surface area contributed by atoms with Gasteiger partial charge in [-0.3, -0.25) is 9.78 Å². The maximum absolute atomic E-state index is 12.8. The third kappa shape index (κ3) is 5.37. The minimum atomic E-state index is -2.42. The summed E-state index contributed by atoms with van der Waals surface area (Å²) in [6.07, 6.45) is -0.252. The van der Waals surface area contributed by atoms with Crippen LogP contribution in [0.15, 0.2) is 65.7 Å². The molecule has 0 atom stereocenters. The fourth-order valence-electron chi connectivity index (χ4n) is 3.89. The van der Waals surface area contributed by atoms with Crippen LogP contribution in [0.25, 0.3) is 10.9 Å². The standard InChI is InChI=1S/C24H25F2N3O2S/c25-21(26)10-11-24(31)12-15-29(16-13-24)23(30)18-6-8-19(9-7-18)28-32-20-5-1-3-17-4-2-14-27-22(17)20/h1-9,14,21,28,31H,10-13,15-16H2. The molecule has 1 aliphatic heterocycles. The Hall–Kier alpha value is -2.71. The van der Waals surface area contributed by atoms with Crippen LogP contribution in [0.1, 0.15) is 36.0 Å². The fourth-order valence-corrected chi connectivity index (χ4v) is 4.67. The summed E-state index contributed by atoms with van der Waals surface area (Å²) < 4.78 is 28.2. The van der Waals surface area contributed by atoms with Gasteiger partial charge in [-0.15, -0.1) is 0 Å². The number of benzene rings is 2. The van der Waals surface area contributed by atoms with Crippen molar-refractivity contribution < 1.29 is 18.7 Å². The Morgan fingerprint density at radius 1 is 1.12 bits per heavy atom. The van der Waals surface area contributed by atoms with E-state index in [0.717, 1.165) is 21.5 Å². The van der Waals surface area contributed by atoms with Gasteiger partial charge in [0, 0.05) is 42.3 Å². The first-order chi connectivity index (χ1) is 15.4. The largest absolute Gasteiger partial charge is 0.390 e. The molecule has 1 aliphatic rings. The number of likely N-dealkylation sites (tertiary alicyclic amines) is 1. The van der Waals surface area contributed by atoms with E-state index in [1.807, 2.05) is 42.5 Å². The van der Waals surface area contributed by atoms with E-state index in [0.29, 0.717) is 31.5 Å². The second-order valence-electron chi connectivity index (χ2n) is 8.06. The van der Waals surface area contributed by atoms with E-state index in [-0.39, 0.29) is 18.7 Å². The van der Waals surface area contributed by atoms with Crippen molar-refractivity contribution in [2.24, 2.45) is 0 Å². The van der Waals surface area contributed by atoms with E-state index >= 15 is 0 Å². The predicted molar refractivity (Wildman–Crippen MR) is 123 cm³/mol. The number of nitrogens with zero attached hydrogens (tertiary/aromatic N) is 2. The summed E-state index contributed by atoms with van der Waals surface area (Å²) in [7, 11) is 0. The van der Waals surface area contributed by atoms with Gasteiger partial charge in [0.25, 0.3) is 5.91 Å². The molecule has 0 unspecified atom stereocenters. The zero-order valence-corrected chi connectivity index (χ0v) is 18.3. The van der Waals surface area contributed by atoms with E-state index in [4.69, 9.17) is 0 Å². The molecule has 0 spiro atoms. The van der Waals surface area contributed by atoms with Crippen molar-refractivity contribution in [2.75, 3.05) is 17.8 Å². The van der Waals surface area contributed by atoms with Crippen molar-refractivity contribution in [3.05, 3.63) is 66.4 Å². The summed E-state index contributed by atoms with van der Waals surface area (Å²) >= 11 is 1.46. The van der Waals surface area contributed by atoms with Crippen LogP contribution in [-0.4, -0.2) is 46.0 Å². The van der Waals surface area contributed by atoms with E-state index < -0.39 is 12.0 Å². The zero-order chi connectivity index (χ0) is 22.6. The van der Waals surface area contributed by atoms with Gasteiger partial charge in [0.15, 0.2) is 0 Å². The highest BCUT2D eigenvalue weighted by molar-refractivity contribution is 8.00. The van der Waals surface area contributed by atoms with Crippen LogP contribution in [0.5, 0.6) is 0 Å². The topological polar surface area (TPSA) is 65.5 Å². The Labute approximate surface area is 190 Å². The van der Waals surface area contributed by atoms with Crippen LogP contribution >= 0.6 is 11.9 Å². The highest BCUT2D eigenvalue weighted by Crippen LogP contribution is 2.30. The molecule has 168 valence electrons. The molecule has 0 bridgehead atoms. The number of pyridine rings is 1. The van der Waals surface area contributed by atoms with E-state index in [1.165, 1.54) is 11.9 Å². The van der Waals surface area contributed by atoms with Crippen molar-refractivity contribution in [1.82, 2.24) is 9.88 Å². The second-order valence-corrected chi connectivity index (χ2v) is 8.91. The molecule has 0 radical (unpaired) electrons. The Morgan fingerprint density at radius 3 is 2.56 bits per heavy atom. The Balaban J connectivity index is 1.33. The van der Waals surface area contributed by atoms with E-state index in [9.17, 15) is 18.7 Å². The maximum atomic E-state index is 12.8. The van der Waals surface area contributed by atoms with Crippen LogP contribution in [0, 0.1) is 0 Å². The molecule has 1 amide bonds. The van der Waals surface area contributed by atoms with Gasteiger partial charge in [0.05, 0.1) is 16.0 Å². The zero-order valence-electron chi connectivity index (χ0n) is 17.5. The number of carbonyl (C=O) groups excluding carboxylic acids is 1. The number of piperidine rings is 1. The molecular formula is C24H25F2N3O2S. The van der Waals surface area contributed by atoms with Crippen LogP contribution in [-0.2, 0) is 0 Å². The Kier molecular flexibility index (Phi) is 6.91. The van der Waals surface area contributed by atoms with Gasteiger partial charge in [-0.05, 0) is 67.6 Å². The molecule has 2 heterocycles. The fraction of sp³-hybridized carbons (Fsp3) is 0.333. The van der Waals surface area contributed by atoms with E-state index in [2.05, 4.69) is 9.71 Å². The first kappa shape index (κ1) is 22.5. The van der Waals surface area contributed by atoms with Gasteiger partial charge in [0.2, 0.25) is 6.43 Å². The van der Waals surface area contributed by atoms with Crippen LogP contribution in [0.4, 0.5) is 14.5 Å². The lowest BCUT2D eigenvalue weighted by Crippen LogP contribution is -2.46. The van der Waals surface area contributed by atoms with Crippen molar-refractivity contribution in [3.8, 4) is 0 Å². The highest BCUT2D eigenvalue weighted by Gasteiger charge is 2.34. The summed E-state index contributed by atoms with van der Waals surface area (Å²) in [4.78, 5) is 19.9. The van der Waals surface area contributed by atoms with Gasteiger partial charge in [-0.1, -0.05) is 18.2 Å². The molecule has 1 fully saturated rings. The number of nitrogens with one attached hydrogen (secondary N) is 1. The Morgan fingerprint density at radius 2 is 1.84 bits per heavy atom. The highest BCUT2D eigenvalue weighted by atomic mass is 32.2. The van der Waals surface area contributed by atoms with Gasteiger partial charge >= 0.3 is 0 Å². The number of aliphatic hydroxyl groups is 1. The molecule has 4 rings (SSSR count). The first-order valence-electron chi connectivity index (χ1n) is 10.6. The molecule has 2 aromatic carbocycles. The average molecular weight is 458 g/mol. The molecule has 5 nitrogen and oxygen atoms in total. The minimum absolute atomic E-state index is 0.0664. The third-order valence-corrected chi connectivity index (χ3v) is 6.70. The number of fused-ring (bicyclic) bond motifs is 1. The van der Waals surface area contributed by atoms with Crippen molar-refractivity contribution in [3.63, 3.8) is 0 Å². The SMILES string of the molecule is O=C(c1ccc(NSc2cccc3cccnc23)cc1)N1CCC(O)(CCC(F)F)CC1. The molecule has 0 aliphatic carbocycles. The number of hydrogen-bond donors (Lipinski definition) is 2. The summed E-state index contributed by atoms with van der Waals surface area (Å²) in [5.41, 5.74) is 1.25. The lowest BCUT2D eigenvalue weighted by molar-refractivity contribution is -0.0346. The number of rotatable bonds is 7. The summed E-state index contributed by atoms with van der Waals surface area (Å²) in [6, 6.07) is 17.2. The van der Waals surface area contributed by atoms with Gasteiger partial charge in [-0.25, -0.2) is 8.78 Å². The number of para-hydroxylation sites is 1. The average Bonchev–Trinajstić information content (AvgIpc) is 2.82. The Bertz CT molecular complexity index is 1070. The predicted octanol–water partition coefficient (Wildman–Crippen LogP) is 5.37. The summed E-state index contributed by atoms with van der Waals surface area (Å²) in [5, 5.41) is 11.5. The van der Waals surface area contributed by atoms with Crippen LogP contribution < -0.4 is 4.72 Å². The number of hydrogen-bond acceptors (Lipinski definition) is 5. The molecule has 0 saturated carbocycles. The monoisotopic (exact) mass is 457 g/mol. The quantitative estimate of drug-likeness (QED) is 0.467. The number of halogens is 2. The van der Waals surface area contributed by atoms with Crippen molar-refractivity contribution in [2.45, 2.75) is 42.6 Å². The lowest BCUT2D eigenvalue weighted by Gasteiger charge is -2.38. The smallest absolute Gasteiger partial charge is 0.253 e. The van der Waals surface area contributed by atoms with Gasteiger partial charge in [-0.2, -0.15) is 0 Å². The van der Waals surface area contributed by atoms with Gasteiger partial charge < -0.3 is 14.7 Å². The van der Waals surface area contributed by atoms with Gasteiger partial charge in [0.1, 0.15) is 0 Å².